The monoisotopic (exact) mass is 332 g/mol. The summed E-state index contributed by atoms with van der Waals surface area (Å²) in [6, 6.07) is 19.7. The minimum absolute atomic E-state index is 0.216. The third-order valence-corrected chi connectivity index (χ3v) is 4.22. The van der Waals surface area contributed by atoms with Gasteiger partial charge >= 0.3 is 0 Å². The molecule has 0 aliphatic carbocycles. The van der Waals surface area contributed by atoms with E-state index in [1.165, 1.54) is 0 Å². The Balaban J connectivity index is 1.92. The topological polar surface area (TPSA) is 58.0 Å². The Morgan fingerprint density at radius 3 is 2.54 bits per heavy atom. The molecule has 2 heterocycles. The fourth-order valence-electron chi connectivity index (χ4n) is 2.74. The van der Waals surface area contributed by atoms with Crippen LogP contribution in [0, 0.1) is 16.0 Å². The Labute approximate surface area is 143 Å². The number of nitrogens with one attached hydrogen (secondary N) is 1. The molecule has 1 aliphatic heterocycles. The minimum atomic E-state index is 0.216. The fraction of sp³-hybridized carbons (Fsp3) is 0.0526. The van der Waals surface area contributed by atoms with Crippen LogP contribution in [0.15, 0.2) is 54.6 Å². The van der Waals surface area contributed by atoms with Gasteiger partial charge in [0.2, 0.25) is 6.79 Å². The van der Waals surface area contributed by atoms with E-state index in [1.807, 2.05) is 54.6 Å². The zero-order valence-electron chi connectivity index (χ0n) is 12.6. The molecule has 3 aromatic rings. The van der Waals surface area contributed by atoms with Gasteiger partial charge in [-0.1, -0.05) is 48.6 Å². The summed E-state index contributed by atoms with van der Waals surface area (Å²) < 4.78 is 11.2. The van der Waals surface area contributed by atoms with Crippen LogP contribution in [-0.4, -0.2) is 11.8 Å². The van der Waals surface area contributed by atoms with Crippen molar-refractivity contribution >= 4 is 12.2 Å². The van der Waals surface area contributed by atoms with Crippen molar-refractivity contribution in [3.8, 4) is 40.0 Å². The van der Waals surface area contributed by atoms with Crippen molar-refractivity contribution in [1.82, 2.24) is 4.98 Å². The Morgan fingerprint density at radius 2 is 1.75 bits per heavy atom. The van der Waals surface area contributed by atoms with Gasteiger partial charge in [0, 0.05) is 11.3 Å². The van der Waals surface area contributed by atoms with E-state index in [4.69, 9.17) is 21.7 Å². The SMILES string of the molecule is N#Cc1c(-c2ccc3c(c2)OCO3)cc(-c2ccccc2)[nH]c1=S. The maximum Gasteiger partial charge on any atom is 0.231 e. The highest BCUT2D eigenvalue weighted by molar-refractivity contribution is 7.71. The van der Waals surface area contributed by atoms with Crippen molar-refractivity contribution in [3.63, 3.8) is 0 Å². The van der Waals surface area contributed by atoms with Gasteiger partial charge in [0.15, 0.2) is 11.5 Å². The molecule has 0 amide bonds. The van der Waals surface area contributed by atoms with Gasteiger partial charge in [-0.3, -0.25) is 0 Å². The van der Waals surface area contributed by atoms with Crippen LogP contribution in [0.25, 0.3) is 22.4 Å². The minimum Gasteiger partial charge on any atom is -0.454 e. The quantitative estimate of drug-likeness (QED) is 0.692. The number of aromatic nitrogens is 1. The summed E-state index contributed by atoms with van der Waals surface area (Å²) in [5.41, 5.74) is 3.97. The highest BCUT2D eigenvalue weighted by Crippen LogP contribution is 2.37. The van der Waals surface area contributed by atoms with Gasteiger partial charge in [-0.2, -0.15) is 5.26 Å². The summed E-state index contributed by atoms with van der Waals surface area (Å²) in [6.07, 6.45) is 0. The van der Waals surface area contributed by atoms with Gasteiger partial charge in [0.1, 0.15) is 10.7 Å². The molecule has 116 valence electrons. The first-order valence-electron chi connectivity index (χ1n) is 7.39. The summed E-state index contributed by atoms with van der Waals surface area (Å²) in [6.45, 7) is 0.216. The van der Waals surface area contributed by atoms with E-state index in [9.17, 15) is 5.26 Å². The van der Waals surface area contributed by atoms with Gasteiger partial charge in [-0.25, -0.2) is 0 Å². The Bertz CT molecular complexity index is 1020. The predicted octanol–water partition coefficient (Wildman–Crippen LogP) is 4.68. The standard InChI is InChI=1S/C19H12N2O2S/c20-10-15-14(13-6-7-17-18(8-13)23-11-22-17)9-16(21-19(15)24)12-4-2-1-3-5-12/h1-9H,11H2,(H,21,24). The number of H-pyrrole nitrogens is 1. The maximum absolute atomic E-state index is 9.52. The molecule has 2 aromatic carbocycles. The number of nitrogens with zero attached hydrogens (tertiary/aromatic N) is 1. The molecule has 0 spiro atoms. The smallest absolute Gasteiger partial charge is 0.231 e. The van der Waals surface area contributed by atoms with E-state index in [-0.39, 0.29) is 6.79 Å². The molecule has 0 fully saturated rings. The van der Waals surface area contributed by atoms with Crippen LogP contribution in [0.4, 0.5) is 0 Å². The molecule has 4 nitrogen and oxygen atoms in total. The number of hydrogen-bond acceptors (Lipinski definition) is 4. The van der Waals surface area contributed by atoms with E-state index >= 15 is 0 Å². The summed E-state index contributed by atoms with van der Waals surface area (Å²) in [7, 11) is 0. The molecule has 0 unspecified atom stereocenters. The number of rotatable bonds is 2. The van der Waals surface area contributed by atoms with Crippen LogP contribution < -0.4 is 9.47 Å². The van der Waals surface area contributed by atoms with E-state index in [2.05, 4.69) is 11.1 Å². The first-order chi connectivity index (χ1) is 11.8. The summed E-state index contributed by atoms with van der Waals surface area (Å²) in [4.78, 5) is 3.14. The first-order valence-corrected chi connectivity index (χ1v) is 7.80. The van der Waals surface area contributed by atoms with Crippen molar-refractivity contribution in [2.24, 2.45) is 0 Å². The Morgan fingerprint density at radius 1 is 0.958 bits per heavy atom. The second-order valence-corrected chi connectivity index (χ2v) is 5.75. The summed E-state index contributed by atoms with van der Waals surface area (Å²) >= 11 is 5.39. The number of fused-ring (bicyclic) bond motifs is 1. The molecular formula is C19H12N2O2S. The van der Waals surface area contributed by atoms with E-state index in [0.717, 1.165) is 22.4 Å². The van der Waals surface area contributed by atoms with Gasteiger partial charge in [0.25, 0.3) is 0 Å². The molecule has 0 saturated heterocycles. The Kier molecular flexibility index (Phi) is 3.52. The van der Waals surface area contributed by atoms with Crippen LogP contribution in [0.3, 0.4) is 0 Å². The van der Waals surface area contributed by atoms with Crippen LogP contribution >= 0.6 is 12.2 Å². The lowest BCUT2D eigenvalue weighted by molar-refractivity contribution is 0.174. The molecule has 5 heteroatoms. The zero-order valence-corrected chi connectivity index (χ0v) is 13.4. The van der Waals surface area contributed by atoms with E-state index in [1.54, 1.807) is 0 Å². The molecule has 0 saturated carbocycles. The highest BCUT2D eigenvalue weighted by atomic mass is 32.1. The summed E-state index contributed by atoms with van der Waals surface area (Å²) in [5, 5.41) is 9.52. The van der Waals surface area contributed by atoms with E-state index in [0.29, 0.717) is 21.7 Å². The fourth-order valence-corrected chi connectivity index (χ4v) is 3.00. The second kappa shape index (κ2) is 5.84. The number of pyridine rings is 1. The number of hydrogen-bond donors (Lipinski definition) is 1. The summed E-state index contributed by atoms with van der Waals surface area (Å²) in [5.74, 6) is 1.39. The lowest BCUT2D eigenvalue weighted by atomic mass is 9.99. The third-order valence-electron chi connectivity index (χ3n) is 3.91. The van der Waals surface area contributed by atoms with Gasteiger partial charge in [-0.05, 0) is 29.3 Å². The van der Waals surface area contributed by atoms with Gasteiger partial charge in [0.05, 0.1) is 5.56 Å². The number of benzene rings is 2. The Hall–Kier alpha value is -3.10. The first kappa shape index (κ1) is 14.5. The van der Waals surface area contributed by atoms with Gasteiger partial charge in [-0.15, -0.1) is 0 Å². The number of aromatic amines is 1. The normalized spacial score (nSPS) is 12.0. The second-order valence-electron chi connectivity index (χ2n) is 5.35. The van der Waals surface area contributed by atoms with Crippen molar-refractivity contribution in [1.29, 1.82) is 5.26 Å². The predicted molar refractivity (Wildman–Crippen MR) is 93.3 cm³/mol. The largest absolute Gasteiger partial charge is 0.454 e. The number of nitriles is 1. The van der Waals surface area contributed by atoms with Crippen molar-refractivity contribution < 1.29 is 9.47 Å². The molecule has 1 aromatic heterocycles. The molecule has 4 rings (SSSR count). The average molecular weight is 332 g/mol. The molecular weight excluding hydrogens is 320 g/mol. The lowest BCUT2D eigenvalue weighted by Gasteiger charge is -2.10. The van der Waals surface area contributed by atoms with Gasteiger partial charge < -0.3 is 14.5 Å². The maximum atomic E-state index is 9.52. The van der Waals surface area contributed by atoms with Crippen LogP contribution in [0.1, 0.15) is 5.56 Å². The molecule has 24 heavy (non-hydrogen) atoms. The van der Waals surface area contributed by atoms with Crippen LogP contribution in [-0.2, 0) is 0 Å². The molecule has 1 aliphatic rings. The zero-order chi connectivity index (χ0) is 16.5. The van der Waals surface area contributed by atoms with Crippen molar-refractivity contribution in [2.75, 3.05) is 6.79 Å². The highest BCUT2D eigenvalue weighted by Gasteiger charge is 2.16. The average Bonchev–Trinajstić information content (AvgIpc) is 3.09. The van der Waals surface area contributed by atoms with Crippen molar-refractivity contribution in [3.05, 3.63) is 64.8 Å². The molecule has 0 radical (unpaired) electrons. The lowest BCUT2D eigenvalue weighted by Crippen LogP contribution is -1.93. The van der Waals surface area contributed by atoms with Crippen molar-refractivity contribution in [2.45, 2.75) is 0 Å². The molecule has 1 N–H and O–H groups in total. The molecule has 0 bridgehead atoms. The molecule has 0 atom stereocenters. The third kappa shape index (κ3) is 2.43. The van der Waals surface area contributed by atoms with E-state index < -0.39 is 0 Å². The van der Waals surface area contributed by atoms with Crippen LogP contribution in [0.2, 0.25) is 0 Å². The van der Waals surface area contributed by atoms with Crippen LogP contribution in [0.5, 0.6) is 11.5 Å². The number of ether oxygens (including phenoxy) is 2.